The van der Waals surface area contributed by atoms with Gasteiger partial charge in [-0.25, -0.2) is 4.79 Å². The summed E-state index contributed by atoms with van der Waals surface area (Å²) in [7, 11) is 0. The molecule has 2 atom stereocenters. The third-order valence-electron chi connectivity index (χ3n) is 3.61. The standard InChI is InChI=1S/C14H26N2O3/c1-14(2,3)19-13(17)16-8-9-18-10-12(16)11-6-4-5-7-15-11/h11-12,15H,4-10H2,1-3H3. The molecule has 0 saturated carbocycles. The second kappa shape index (κ2) is 6.09. The molecule has 1 N–H and O–H groups in total. The quantitative estimate of drug-likeness (QED) is 0.789. The van der Waals surface area contributed by atoms with Crippen LogP contribution in [0.4, 0.5) is 4.79 Å². The van der Waals surface area contributed by atoms with Gasteiger partial charge in [0, 0.05) is 12.6 Å². The van der Waals surface area contributed by atoms with E-state index in [1.165, 1.54) is 12.8 Å². The highest BCUT2D eigenvalue weighted by atomic mass is 16.6. The number of amides is 1. The van der Waals surface area contributed by atoms with Gasteiger partial charge < -0.3 is 14.8 Å². The fourth-order valence-corrected chi connectivity index (χ4v) is 2.71. The lowest BCUT2D eigenvalue weighted by molar-refractivity contribution is -0.0429. The van der Waals surface area contributed by atoms with Crippen LogP contribution < -0.4 is 5.32 Å². The normalized spacial score (nSPS) is 29.1. The average Bonchev–Trinajstić information content (AvgIpc) is 2.38. The second-order valence-corrected chi connectivity index (χ2v) is 6.37. The van der Waals surface area contributed by atoms with Crippen molar-refractivity contribution in [1.29, 1.82) is 0 Å². The SMILES string of the molecule is CC(C)(C)OC(=O)N1CCOCC1C1CCCCN1. The minimum absolute atomic E-state index is 0.101. The van der Waals surface area contributed by atoms with Crippen LogP contribution in [0.5, 0.6) is 0 Å². The van der Waals surface area contributed by atoms with Crippen molar-refractivity contribution in [3.8, 4) is 0 Å². The molecule has 5 heteroatoms. The fraction of sp³-hybridized carbons (Fsp3) is 0.929. The molecule has 2 aliphatic heterocycles. The Balaban J connectivity index is 2.00. The molecule has 0 radical (unpaired) electrons. The monoisotopic (exact) mass is 270 g/mol. The van der Waals surface area contributed by atoms with E-state index >= 15 is 0 Å². The molecule has 2 heterocycles. The Morgan fingerprint density at radius 2 is 2.16 bits per heavy atom. The minimum Gasteiger partial charge on any atom is -0.444 e. The van der Waals surface area contributed by atoms with Crippen LogP contribution in [-0.2, 0) is 9.47 Å². The van der Waals surface area contributed by atoms with E-state index in [1.54, 1.807) is 0 Å². The first-order valence-corrected chi connectivity index (χ1v) is 7.28. The molecule has 110 valence electrons. The van der Waals surface area contributed by atoms with Gasteiger partial charge in [-0.3, -0.25) is 4.90 Å². The highest BCUT2D eigenvalue weighted by Gasteiger charge is 2.36. The van der Waals surface area contributed by atoms with Crippen LogP contribution >= 0.6 is 0 Å². The smallest absolute Gasteiger partial charge is 0.410 e. The van der Waals surface area contributed by atoms with Crippen LogP contribution in [0.3, 0.4) is 0 Å². The number of rotatable bonds is 1. The number of carbonyl (C=O) groups is 1. The Morgan fingerprint density at radius 1 is 1.37 bits per heavy atom. The van der Waals surface area contributed by atoms with E-state index in [1.807, 2.05) is 25.7 Å². The highest BCUT2D eigenvalue weighted by molar-refractivity contribution is 5.68. The van der Waals surface area contributed by atoms with Crippen LogP contribution in [0.15, 0.2) is 0 Å². The Morgan fingerprint density at radius 3 is 2.79 bits per heavy atom. The lowest BCUT2D eigenvalue weighted by Crippen LogP contribution is -2.59. The molecule has 2 saturated heterocycles. The molecule has 2 aliphatic rings. The van der Waals surface area contributed by atoms with Gasteiger partial charge >= 0.3 is 6.09 Å². The van der Waals surface area contributed by atoms with Gasteiger partial charge in [0.2, 0.25) is 0 Å². The molecule has 1 amide bonds. The van der Waals surface area contributed by atoms with Gasteiger partial charge in [0.15, 0.2) is 0 Å². The summed E-state index contributed by atoms with van der Waals surface area (Å²) in [5, 5.41) is 3.51. The van der Waals surface area contributed by atoms with Gasteiger partial charge in [-0.05, 0) is 40.2 Å². The Kier molecular flexibility index (Phi) is 4.68. The van der Waals surface area contributed by atoms with Gasteiger partial charge in [-0.15, -0.1) is 0 Å². The number of piperidine rings is 1. The van der Waals surface area contributed by atoms with E-state index in [-0.39, 0.29) is 12.1 Å². The van der Waals surface area contributed by atoms with E-state index in [4.69, 9.17) is 9.47 Å². The molecule has 19 heavy (non-hydrogen) atoms. The first-order chi connectivity index (χ1) is 8.97. The van der Waals surface area contributed by atoms with Crippen molar-refractivity contribution >= 4 is 6.09 Å². The zero-order valence-electron chi connectivity index (χ0n) is 12.3. The van der Waals surface area contributed by atoms with Crippen molar-refractivity contribution < 1.29 is 14.3 Å². The summed E-state index contributed by atoms with van der Waals surface area (Å²) < 4.78 is 11.1. The predicted molar refractivity (Wildman–Crippen MR) is 73.2 cm³/mol. The molecule has 0 aromatic heterocycles. The van der Waals surface area contributed by atoms with Crippen LogP contribution in [0.25, 0.3) is 0 Å². The summed E-state index contributed by atoms with van der Waals surface area (Å²) in [4.78, 5) is 14.1. The highest BCUT2D eigenvalue weighted by Crippen LogP contribution is 2.20. The maximum atomic E-state index is 12.3. The van der Waals surface area contributed by atoms with Crippen molar-refractivity contribution in [3.63, 3.8) is 0 Å². The summed E-state index contributed by atoms with van der Waals surface area (Å²) in [6, 6.07) is 0.436. The van der Waals surface area contributed by atoms with Crippen LogP contribution in [-0.4, -0.2) is 55.0 Å². The molecular formula is C14H26N2O3. The summed E-state index contributed by atoms with van der Waals surface area (Å²) >= 11 is 0. The van der Waals surface area contributed by atoms with E-state index in [9.17, 15) is 4.79 Å². The predicted octanol–water partition coefficient (Wildman–Crippen LogP) is 1.76. The number of ether oxygens (including phenoxy) is 2. The van der Waals surface area contributed by atoms with Gasteiger partial charge in [-0.1, -0.05) is 6.42 Å². The Bertz CT molecular complexity index is 308. The van der Waals surface area contributed by atoms with Crippen LogP contribution in [0.2, 0.25) is 0 Å². The van der Waals surface area contributed by atoms with Crippen molar-refractivity contribution in [1.82, 2.24) is 10.2 Å². The van der Waals surface area contributed by atoms with Gasteiger partial charge in [0.25, 0.3) is 0 Å². The van der Waals surface area contributed by atoms with Crippen molar-refractivity contribution in [2.75, 3.05) is 26.3 Å². The first-order valence-electron chi connectivity index (χ1n) is 7.28. The zero-order chi connectivity index (χ0) is 13.9. The Hall–Kier alpha value is -0.810. The number of nitrogens with zero attached hydrogens (tertiary/aromatic N) is 1. The molecule has 5 nitrogen and oxygen atoms in total. The van der Waals surface area contributed by atoms with Crippen molar-refractivity contribution in [2.24, 2.45) is 0 Å². The fourth-order valence-electron chi connectivity index (χ4n) is 2.71. The number of carbonyl (C=O) groups excluding carboxylic acids is 1. The Labute approximate surface area is 115 Å². The van der Waals surface area contributed by atoms with E-state index in [0.29, 0.717) is 25.8 Å². The minimum atomic E-state index is -0.445. The summed E-state index contributed by atoms with van der Waals surface area (Å²) in [6.07, 6.45) is 3.33. The van der Waals surface area contributed by atoms with E-state index < -0.39 is 5.60 Å². The van der Waals surface area contributed by atoms with Gasteiger partial charge in [0.05, 0.1) is 19.3 Å². The van der Waals surface area contributed by atoms with Crippen LogP contribution in [0, 0.1) is 0 Å². The lowest BCUT2D eigenvalue weighted by atomic mass is 9.97. The zero-order valence-corrected chi connectivity index (χ0v) is 12.3. The molecule has 2 unspecified atom stereocenters. The third-order valence-corrected chi connectivity index (χ3v) is 3.61. The maximum Gasteiger partial charge on any atom is 0.410 e. The topological polar surface area (TPSA) is 50.8 Å². The first kappa shape index (κ1) is 14.6. The maximum absolute atomic E-state index is 12.3. The molecule has 0 bridgehead atoms. The van der Waals surface area contributed by atoms with Crippen molar-refractivity contribution in [3.05, 3.63) is 0 Å². The van der Waals surface area contributed by atoms with E-state index in [2.05, 4.69) is 5.32 Å². The number of hydrogen-bond acceptors (Lipinski definition) is 4. The van der Waals surface area contributed by atoms with E-state index in [0.717, 1.165) is 13.0 Å². The molecule has 2 rings (SSSR count). The van der Waals surface area contributed by atoms with Gasteiger partial charge in [-0.2, -0.15) is 0 Å². The summed E-state index contributed by atoms with van der Waals surface area (Å²) in [6.45, 7) is 8.57. The van der Waals surface area contributed by atoms with Crippen molar-refractivity contribution in [2.45, 2.75) is 57.7 Å². The number of morpholine rings is 1. The molecule has 0 aliphatic carbocycles. The second-order valence-electron chi connectivity index (χ2n) is 6.37. The summed E-state index contributed by atoms with van der Waals surface area (Å²) in [5.41, 5.74) is -0.445. The molecule has 0 aromatic rings. The third kappa shape index (κ3) is 4.08. The molecule has 2 fully saturated rings. The largest absolute Gasteiger partial charge is 0.444 e. The molecular weight excluding hydrogens is 244 g/mol. The number of nitrogens with one attached hydrogen (secondary N) is 1. The molecule has 0 aromatic carbocycles. The lowest BCUT2D eigenvalue weighted by Gasteiger charge is -2.42. The van der Waals surface area contributed by atoms with Crippen LogP contribution in [0.1, 0.15) is 40.0 Å². The number of hydrogen-bond donors (Lipinski definition) is 1. The summed E-state index contributed by atoms with van der Waals surface area (Å²) in [5.74, 6) is 0. The molecule has 0 spiro atoms. The van der Waals surface area contributed by atoms with Gasteiger partial charge in [0.1, 0.15) is 5.60 Å². The average molecular weight is 270 g/mol.